The smallest absolute Gasteiger partial charge is 0.309 e. The van der Waals surface area contributed by atoms with E-state index < -0.39 is 17.9 Å². The minimum Gasteiger partial charge on any atom is -0.354 e. The number of rotatable bonds is 3. The van der Waals surface area contributed by atoms with E-state index in [1.807, 2.05) is 0 Å². The molecule has 0 aliphatic carbocycles. The molecule has 0 radical (unpaired) electrons. The topological polar surface area (TPSA) is 100 Å². The van der Waals surface area contributed by atoms with E-state index in [0.717, 1.165) is 18.4 Å². The molecule has 0 spiro atoms. The van der Waals surface area contributed by atoms with Crippen LogP contribution in [-0.4, -0.2) is 35.3 Å². The van der Waals surface area contributed by atoms with E-state index >= 15 is 0 Å². The fourth-order valence-electron chi connectivity index (χ4n) is 2.07. The highest BCUT2D eigenvalue weighted by molar-refractivity contribution is 6.35. The van der Waals surface area contributed by atoms with Gasteiger partial charge in [-0.1, -0.05) is 6.07 Å². The fraction of sp³-hybridized carbons (Fsp3) is 0.429. The highest BCUT2D eigenvalue weighted by atomic mass is 16.2. The summed E-state index contributed by atoms with van der Waals surface area (Å²) in [6.45, 7) is 0.829. The Bertz CT molecular complexity index is 518. The molecule has 3 amide bonds. The third-order valence-electron chi connectivity index (χ3n) is 3.22. The van der Waals surface area contributed by atoms with Crippen LogP contribution in [-0.2, 0) is 20.9 Å². The lowest BCUT2D eigenvalue weighted by Gasteiger charge is -2.14. The van der Waals surface area contributed by atoms with E-state index in [1.54, 1.807) is 24.5 Å². The van der Waals surface area contributed by atoms with Crippen molar-refractivity contribution >= 4 is 17.7 Å². The fourth-order valence-corrected chi connectivity index (χ4v) is 2.07. The van der Waals surface area contributed by atoms with Crippen LogP contribution in [0, 0.1) is 0 Å². The predicted molar refractivity (Wildman–Crippen MR) is 74.9 cm³/mol. The molecule has 7 heteroatoms. The van der Waals surface area contributed by atoms with Crippen molar-refractivity contribution in [3.05, 3.63) is 30.1 Å². The summed E-state index contributed by atoms with van der Waals surface area (Å²) in [5.74, 6) is -1.78. The van der Waals surface area contributed by atoms with E-state index in [2.05, 4.69) is 20.9 Å². The third kappa shape index (κ3) is 4.55. The molecule has 1 aliphatic heterocycles. The Morgan fingerprint density at radius 2 is 2.19 bits per heavy atom. The van der Waals surface area contributed by atoms with Crippen LogP contribution in [0.2, 0.25) is 0 Å². The number of pyridine rings is 1. The number of aromatic nitrogens is 1. The molecule has 0 bridgehead atoms. The summed E-state index contributed by atoms with van der Waals surface area (Å²) >= 11 is 0. The van der Waals surface area contributed by atoms with Crippen molar-refractivity contribution in [1.29, 1.82) is 0 Å². The maximum Gasteiger partial charge on any atom is 0.309 e. The molecule has 1 saturated heterocycles. The quantitative estimate of drug-likeness (QED) is 0.652. The molecular weight excluding hydrogens is 272 g/mol. The molecule has 0 saturated carbocycles. The van der Waals surface area contributed by atoms with Crippen molar-refractivity contribution in [3.63, 3.8) is 0 Å². The maximum absolute atomic E-state index is 11.8. The van der Waals surface area contributed by atoms with Crippen LogP contribution in [0.5, 0.6) is 0 Å². The van der Waals surface area contributed by atoms with Gasteiger partial charge < -0.3 is 16.0 Å². The molecule has 2 rings (SSSR count). The van der Waals surface area contributed by atoms with Crippen molar-refractivity contribution < 1.29 is 14.4 Å². The van der Waals surface area contributed by atoms with Crippen molar-refractivity contribution in [2.45, 2.75) is 31.8 Å². The summed E-state index contributed by atoms with van der Waals surface area (Å²) < 4.78 is 0. The Balaban J connectivity index is 1.82. The van der Waals surface area contributed by atoms with Crippen molar-refractivity contribution in [2.24, 2.45) is 0 Å². The second kappa shape index (κ2) is 7.37. The van der Waals surface area contributed by atoms with Crippen LogP contribution in [0.4, 0.5) is 0 Å². The lowest BCUT2D eigenvalue weighted by Crippen LogP contribution is -2.50. The molecule has 21 heavy (non-hydrogen) atoms. The van der Waals surface area contributed by atoms with Gasteiger partial charge in [-0.2, -0.15) is 0 Å². The van der Waals surface area contributed by atoms with Gasteiger partial charge in [0.05, 0.1) is 0 Å². The van der Waals surface area contributed by atoms with Gasteiger partial charge in [0.1, 0.15) is 6.04 Å². The number of nitrogens with one attached hydrogen (secondary N) is 3. The Kier molecular flexibility index (Phi) is 5.25. The summed E-state index contributed by atoms with van der Waals surface area (Å²) in [4.78, 5) is 39.1. The van der Waals surface area contributed by atoms with Gasteiger partial charge in [-0.15, -0.1) is 0 Å². The van der Waals surface area contributed by atoms with Crippen molar-refractivity contribution in [1.82, 2.24) is 20.9 Å². The minimum absolute atomic E-state index is 0.219. The first kappa shape index (κ1) is 15.0. The first-order chi connectivity index (χ1) is 10.2. The van der Waals surface area contributed by atoms with E-state index in [9.17, 15) is 14.4 Å². The highest BCUT2D eigenvalue weighted by Gasteiger charge is 2.25. The molecule has 1 fully saturated rings. The SMILES string of the molecule is O=C(NCc1cccnc1)C(=O)NC1CCCCNC1=O. The van der Waals surface area contributed by atoms with Crippen LogP contribution in [0.15, 0.2) is 24.5 Å². The summed E-state index contributed by atoms with van der Waals surface area (Å²) in [5, 5.41) is 7.67. The van der Waals surface area contributed by atoms with Crippen LogP contribution in [0.25, 0.3) is 0 Å². The van der Waals surface area contributed by atoms with Crippen LogP contribution >= 0.6 is 0 Å². The number of carbonyl (C=O) groups is 3. The Hall–Kier alpha value is -2.44. The summed E-state index contributed by atoms with van der Waals surface area (Å²) in [6, 6.07) is 2.91. The van der Waals surface area contributed by atoms with E-state index in [-0.39, 0.29) is 12.5 Å². The standard InChI is InChI=1S/C14H18N4O3/c19-12-11(5-1-2-7-16-12)18-14(21)13(20)17-9-10-4-3-6-15-8-10/h3-4,6,8,11H,1-2,5,7,9H2,(H,16,19)(H,17,20)(H,18,21). The molecule has 1 unspecified atom stereocenters. The zero-order chi connectivity index (χ0) is 15.1. The van der Waals surface area contributed by atoms with Gasteiger partial charge in [0.2, 0.25) is 5.91 Å². The van der Waals surface area contributed by atoms with E-state index in [1.165, 1.54) is 0 Å². The second-order valence-corrected chi connectivity index (χ2v) is 4.86. The second-order valence-electron chi connectivity index (χ2n) is 4.86. The lowest BCUT2D eigenvalue weighted by molar-refractivity contribution is -0.140. The highest BCUT2D eigenvalue weighted by Crippen LogP contribution is 2.05. The first-order valence-corrected chi connectivity index (χ1v) is 6.92. The van der Waals surface area contributed by atoms with Gasteiger partial charge in [-0.25, -0.2) is 0 Å². The van der Waals surface area contributed by atoms with Crippen LogP contribution < -0.4 is 16.0 Å². The molecular formula is C14H18N4O3. The van der Waals surface area contributed by atoms with Crippen molar-refractivity contribution in [2.75, 3.05) is 6.54 Å². The molecule has 112 valence electrons. The average Bonchev–Trinajstić information content (AvgIpc) is 2.71. The number of nitrogens with zero attached hydrogens (tertiary/aromatic N) is 1. The van der Waals surface area contributed by atoms with Crippen molar-refractivity contribution in [3.8, 4) is 0 Å². The molecule has 1 aromatic heterocycles. The normalized spacial score (nSPS) is 18.3. The zero-order valence-corrected chi connectivity index (χ0v) is 11.6. The molecule has 0 aromatic carbocycles. The monoisotopic (exact) mass is 290 g/mol. The Labute approximate surface area is 122 Å². The number of hydrogen-bond donors (Lipinski definition) is 3. The average molecular weight is 290 g/mol. The third-order valence-corrected chi connectivity index (χ3v) is 3.22. The van der Waals surface area contributed by atoms with Gasteiger partial charge in [0, 0.05) is 25.5 Å². The molecule has 1 aliphatic rings. The van der Waals surface area contributed by atoms with Gasteiger partial charge in [-0.05, 0) is 30.9 Å². The predicted octanol–water partition coefficient (Wildman–Crippen LogP) is -0.517. The largest absolute Gasteiger partial charge is 0.354 e. The molecule has 3 N–H and O–H groups in total. The zero-order valence-electron chi connectivity index (χ0n) is 11.6. The van der Waals surface area contributed by atoms with Crippen LogP contribution in [0.1, 0.15) is 24.8 Å². The maximum atomic E-state index is 11.8. The Morgan fingerprint density at radius 1 is 1.33 bits per heavy atom. The molecule has 1 aromatic rings. The summed E-state index contributed by atoms with van der Waals surface area (Å²) in [6.07, 6.45) is 5.50. The molecule has 7 nitrogen and oxygen atoms in total. The number of carbonyl (C=O) groups excluding carboxylic acids is 3. The van der Waals surface area contributed by atoms with Gasteiger partial charge in [0.15, 0.2) is 0 Å². The molecule has 2 heterocycles. The van der Waals surface area contributed by atoms with Gasteiger partial charge in [0.25, 0.3) is 0 Å². The Morgan fingerprint density at radius 3 is 2.95 bits per heavy atom. The van der Waals surface area contributed by atoms with Gasteiger partial charge in [-0.3, -0.25) is 19.4 Å². The summed E-state index contributed by atoms with van der Waals surface area (Å²) in [5.41, 5.74) is 0.797. The van der Waals surface area contributed by atoms with Gasteiger partial charge >= 0.3 is 11.8 Å². The van der Waals surface area contributed by atoms with E-state index in [4.69, 9.17) is 0 Å². The van der Waals surface area contributed by atoms with Crippen LogP contribution in [0.3, 0.4) is 0 Å². The minimum atomic E-state index is -0.791. The molecule has 1 atom stereocenters. The first-order valence-electron chi connectivity index (χ1n) is 6.92. The van der Waals surface area contributed by atoms with E-state index in [0.29, 0.717) is 13.0 Å². The number of hydrogen-bond acceptors (Lipinski definition) is 4. The summed E-state index contributed by atoms with van der Waals surface area (Å²) in [7, 11) is 0. The lowest BCUT2D eigenvalue weighted by atomic mass is 10.1. The number of amides is 3.